The number of phenolic OH excluding ortho intramolecular Hbond substituents is 1. The normalized spacial score (nSPS) is 15.4. The number of thioether (sulfide) groups is 1. The van der Waals surface area contributed by atoms with E-state index < -0.39 is 0 Å². The zero-order valence-electron chi connectivity index (χ0n) is 15.7. The van der Waals surface area contributed by atoms with Crippen LogP contribution in [0.15, 0.2) is 47.4 Å². The number of phenols is 1. The second-order valence-electron chi connectivity index (χ2n) is 6.20. The van der Waals surface area contributed by atoms with E-state index in [1.165, 1.54) is 31.5 Å². The van der Waals surface area contributed by atoms with Crippen molar-refractivity contribution in [3.05, 3.63) is 58.5 Å². The van der Waals surface area contributed by atoms with Crippen LogP contribution in [-0.4, -0.2) is 41.0 Å². The number of aromatic hydroxyl groups is 1. The van der Waals surface area contributed by atoms with Crippen molar-refractivity contribution >= 4 is 40.3 Å². The summed E-state index contributed by atoms with van der Waals surface area (Å²) in [5, 5.41) is 10.0. The Morgan fingerprint density at radius 3 is 2.39 bits per heavy atom. The maximum atomic E-state index is 12.8. The summed E-state index contributed by atoms with van der Waals surface area (Å²) < 4.78 is 10.9. The van der Waals surface area contributed by atoms with Crippen molar-refractivity contribution in [2.24, 2.45) is 0 Å². The SMILES string of the molecule is COc1cc(C=C2SC(=S)N(CCCc3ccccc3)C2=O)cc(OC)c1O. The van der Waals surface area contributed by atoms with Crippen LogP contribution < -0.4 is 9.47 Å². The van der Waals surface area contributed by atoms with E-state index >= 15 is 0 Å². The van der Waals surface area contributed by atoms with Crippen LogP contribution in [-0.2, 0) is 11.2 Å². The number of ether oxygens (including phenoxy) is 2. The van der Waals surface area contributed by atoms with Gasteiger partial charge in [-0.2, -0.15) is 0 Å². The Balaban J connectivity index is 1.72. The number of hydrogen-bond acceptors (Lipinski definition) is 6. The largest absolute Gasteiger partial charge is 0.502 e. The highest BCUT2D eigenvalue weighted by Crippen LogP contribution is 2.39. The zero-order valence-corrected chi connectivity index (χ0v) is 17.3. The van der Waals surface area contributed by atoms with Crippen molar-refractivity contribution in [2.45, 2.75) is 12.8 Å². The topological polar surface area (TPSA) is 59.0 Å². The number of thiocarbonyl (C=S) groups is 1. The molecule has 1 aliphatic rings. The lowest BCUT2D eigenvalue weighted by Gasteiger charge is -2.14. The molecule has 0 unspecified atom stereocenters. The van der Waals surface area contributed by atoms with Gasteiger partial charge in [0.2, 0.25) is 5.75 Å². The number of benzene rings is 2. The summed E-state index contributed by atoms with van der Waals surface area (Å²) >= 11 is 6.68. The predicted octanol–water partition coefficient (Wildman–Crippen LogP) is 4.24. The van der Waals surface area contributed by atoms with Crippen LogP contribution in [0.2, 0.25) is 0 Å². The molecule has 0 aromatic heterocycles. The average Bonchev–Trinajstić information content (AvgIpc) is 2.97. The number of carbonyl (C=O) groups excluding carboxylic acids is 1. The van der Waals surface area contributed by atoms with Gasteiger partial charge in [-0.25, -0.2) is 0 Å². The number of nitrogens with zero attached hydrogens (tertiary/aromatic N) is 1. The number of methoxy groups -OCH3 is 2. The Kier molecular flexibility index (Phi) is 6.59. The molecule has 0 saturated carbocycles. The molecule has 0 radical (unpaired) electrons. The molecule has 1 fully saturated rings. The number of hydrogen-bond donors (Lipinski definition) is 1. The van der Waals surface area contributed by atoms with Crippen molar-refractivity contribution in [1.29, 1.82) is 0 Å². The summed E-state index contributed by atoms with van der Waals surface area (Å²) in [6.45, 7) is 0.582. The van der Waals surface area contributed by atoms with Gasteiger partial charge in [0, 0.05) is 6.54 Å². The first-order chi connectivity index (χ1) is 13.5. The molecule has 1 N–H and O–H groups in total. The van der Waals surface area contributed by atoms with E-state index in [9.17, 15) is 9.90 Å². The van der Waals surface area contributed by atoms with Gasteiger partial charge in [0.15, 0.2) is 11.5 Å². The second kappa shape index (κ2) is 9.12. The monoisotopic (exact) mass is 415 g/mol. The van der Waals surface area contributed by atoms with Crippen molar-refractivity contribution in [2.75, 3.05) is 20.8 Å². The molecular formula is C21H21NO4S2. The van der Waals surface area contributed by atoms with Gasteiger partial charge in [-0.05, 0) is 42.2 Å². The minimum Gasteiger partial charge on any atom is -0.502 e. The van der Waals surface area contributed by atoms with Crippen LogP contribution in [0.4, 0.5) is 0 Å². The smallest absolute Gasteiger partial charge is 0.266 e. The molecule has 5 nitrogen and oxygen atoms in total. The molecule has 146 valence electrons. The van der Waals surface area contributed by atoms with Gasteiger partial charge in [-0.3, -0.25) is 9.69 Å². The Morgan fingerprint density at radius 1 is 1.14 bits per heavy atom. The quantitative estimate of drug-likeness (QED) is 0.539. The standard InChI is InChI=1S/C21H21NO4S2/c1-25-16-11-15(12-17(26-2)19(16)23)13-18-20(24)22(21(27)28-18)10-6-9-14-7-4-3-5-8-14/h3-5,7-8,11-13,23H,6,9-10H2,1-2H3. The van der Waals surface area contributed by atoms with Crippen LogP contribution in [0.5, 0.6) is 17.2 Å². The van der Waals surface area contributed by atoms with Crippen molar-refractivity contribution in [3.63, 3.8) is 0 Å². The number of carbonyl (C=O) groups is 1. The molecule has 28 heavy (non-hydrogen) atoms. The van der Waals surface area contributed by atoms with E-state index in [-0.39, 0.29) is 23.2 Å². The minimum atomic E-state index is -0.103. The van der Waals surface area contributed by atoms with Crippen molar-refractivity contribution < 1.29 is 19.4 Å². The van der Waals surface area contributed by atoms with E-state index in [4.69, 9.17) is 21.7 Å². The number of aryl methyl sites for hydroxylation is 1. The van der Waals surface area contributed by atoms with E-state index in [1.54, 1.807) is 23.1 Å². The van der Waals surface area contributed by atoms with E-state index in [1.807, 2.05) is 18.2 Å². The van der Waals surface area contributed by atoms with Crippen LogP contribution >= 0.6 is 24.0 Å². The maximum Gasteiger partial charge on any atom is 0.266 e. The van der Waals surface area contributed by atoms with Gasteiger partial charge in [-0.1, -0.05) is 54.3 Å². The predicted molar refractivity (Wildman–Crippen MR) is 116 cm³/mol. The zero-order chi connectivity index (χ0) is 20.1. The molecule has 2 aromatic carbocycles. The Bertz CT molecular complexity index is 887. The Morgan fingerprint density at radius 2 is 1.79 bits per heavy atom. The molecule has 0 atom stereocenters. The van der Waals surface area contributed by atoms with Gasteiger partial charge < -0.3 is 14.6 Å². The van der Waals surface area contributed by atoms with E-state index in [0.717, 1.165) is 12.8 Å². The van der Waals surface area contributed by atoms with Crippen LogP contribution in [0.3, 0.4) is 0 Å². The first-order valence-electron chi connectivity index (χ1n) is 8.77. The molecule has 1 aliphatic heterocycles. The van der Waals surface area contributed by atoms with Crippen molar-refractivity contribution in [3.8, 4) is 17.2 Å². The summed E-state index contributed by atoms with van der Waals surface area (Å²) in [5.74, 6) is 0.387. The average molecular weight is 416 g/mol. The fourth-order valence-corrected chi connectivity index (χ4v) is 4.24. The third kappa shape index (κ3) is 4.48. The lowest BCUT2D eigenvalue weighted by molar-refractivity contribution is -0.122. The third-order valence-electron chi connectivity index (χ3n) is 4.36. The first-order valence-corrected chi connectivity index (χ1v) is 10.00. The Hall–Kier alpha value is -2.51. The molecule has 3 rings (SSSR count). The molecular weight excluding hydrogens is 394 g/mol. The fourth-order valence-electron chi connectivity index (χ4n) is 2.93. The Labute approximate surface area is 174 Å². The molecule has 1 saturated heterocycles. The summed E-state index contributed by atoms with van der Waals surface area (Å²) in [6.07, 6.45) is 3.47. The minimum absolute atomic E-state index is 0.0735. The summed E-state index contributed by atoms with van der Waals surface area (Å²) in [7, 11) is 2.93. The maximum absolute atomic E-state index is 12.8. The summed E-state index contributed by atoms with van der Waals surface area (Å²) in [4.78, 5) is 15.0. The molecule has 0 aliphatic carbocycles. The van der Waals surface area contributed by atoms with Gasteiger partial charge in [0.1, 0.15) is 4.32 Å². The van der Waals surface area contributed by atoms with Gasteiger partial charge in [0.05, 0.1) is 19.1 Å². The van der Waals surface area contributed by atoms with Crippen LogP contribution in [0.25, 0.3) is 6.08 Å². The lowest BCUT2D eigenvalue weighted by atomic mass is 10.1. The molecule has 0 bridgehead atoms. The van der Waals surface area contributed by atoms with Gasteiger partial charge in [-0.15, -0.1) is 0 Å². The van der Waals surface area contributed by atoms with E-state index in [0.29, 0.717) is 21.3 Å². The van der Waals surface area contributed by atoms with Gasteiger partial charge >= 0.3 is 0 Å². The third-order valence-corrected chi connectivity index (χ3v) is 5.74. The summed E-state index contributed by atoms with van der Waals surface area (Å²) in [6, 6.07) is 13.5. The molecule has 0 spiro atoms. The van der Waals surface area contributed by atoms with Crippen LogP contribution in [0.1, 0.15) is 17.5 Å². The number of rotatable bonds is 7. The number of amides is 1. The van der Waals surface area contributed by atoms with Crippen molar-refractivity contribution in [1.82, 2.24) is 4.90 Å². The van der Waals surface area contributed by atoms with Gasteiger partial charge in [0.25, 0.3) is 5.91 Å². The molecule has 7 heteroatoms. The van der Waals surface area contributed by atoms with E-state index in [2.05, 4.69) is 12.1 Å². The van der Waals surface area contributed by atoms with Crippen LogP contribution in [0, 0.1) is 0 Å². The highest BCUT2D eigenvalue weighted by Gasteiger charge is 2.31. The highest BCUT2D eigenvalue weighted by molar-refractivity contribution is 8.26. The lowest BCUT2D eigenvalue weighted by Crippen LogP contribution is -2.29. The second-order valence-corrected chi connectivity index (χ2v) is 7.87. The fraction of sp³-hybridized carbons (Fsp3) is 0.238. The molecule has 1 amide bonds. The molecule has 2 aromatic rings. The highest BCUT2D eigenvalue weighted by atomic mass is 32.2. The first kappa shape index (κ1) is 20.2. The molecule has 1 heterocycles. The summed E-state index contributed by atoms with van der Waals surface area (Å²) in [5.41, 5.74) is 1.93.